The lowest BCUT2D eigenvalue weighted by Crippen LogP contribution is -2.32. The fourth-order valence-electron chi connectivity index (χ4n) is 2.80. The quantitative estimate of drug-likeness (QED) is 0.159. The Morgan fingerprint density at radius 1 is 0.857 bits per heavy atom. The summed E-state index contributed by atoms with van der Waals surface area (Å²) in [6, 6.07) is 15.6. The van der Waals surface area contributed by atoms with Crippen LogP contribution in [0.25, 0.3) is 0 Å². The third-order valence-corrected chi connectivity index (χ3v) is 5.03. The number of carbonyl (C=O) groups excluding carboxylic acids is 3. The molecule has 35 heavy (non-hydrogen) atoms. The van der Waals surface area contributed by atoms with Crippen LogP contribution in [-0.4, -0.2) is 38.2 Å². The number of halogens is 2. The van der Waals surface area contributed by atoms with Crippen LogP contribution in [0.15, 0.2) is 65.8 Å². The molecule has 0 atom stereocenters. The summed E-state index contributed by atoms with van der Waals surface area (Å²) in [6.07, 6.45) is 1.29. The average molecular weight is 516 g/mol. The van der Waals surface area contributed by atoms with Crippen molar-refractivity contribution in [3.63, 3.8) is 0 Å². The number of rotatable bonds is 7. The first-order valence-electron chi connectivity index (χ1n) is 9.95. The Labute approximate surface area is 210 Å². The second-order valence-electron chi connectivity index (χ2n) is 6.78. The Morgan fingerprint density at radius 2 is 1.60 bits per heavy atom. The summed E-state index contributed by atoms with van der Waals surface area (Å²) in [7, 11) is 2.84. The predicted molar refractivity (Wildman–Crippen MR) is 132 cm³/mol. The van der Waals surface area contributed by atoms with Gasteiger partial charge < -0.3 is 19.5 Å². The van der Waals surface area contributed by atoms with Gasteiger partial charge in [-0.3, -0.25) is 9.59 Å². The van der Waals surface area contributed by atoms with E-state index in [1.54, 1.807) is 30.3 Å². The molecule has 9 nitrogen and oxygen atoms in total. The van der Waals surface area contributed by atoms with Crippen molar-refractivity contribution in [2.45, 2.75) is 0 Å². The van der Waals surface area contributed by atoms with Gasteiger partial charge in [-0.25, -0.2) is 10.2 Å². The van der Waals surface area contributed by atoms with Crippen LogP contribution in [0.4, 0.5) is 5.69 Å². The molecule has 0 unspecified atom stereocenters. The van der Waals surface area contributed by atoms with Gasteiger partial charge in [0.15, 0.2) is 11.5 Å². The van der Waals surface area contributed by atoms with E-state index in [4.69, 9.17) is 37.4 Å². The molecule has 2 N–H and O–H groups in total. The number of amides is 2. The van der Waals surface area contributed by atoms with Gasteiger partial charge in [0.2, 0.25) is 0 Å². The number of hydrazone groups is 1. The lowest BCUT2D eigenvalue weighted by atomic mass is 10.2. The molecule has 0 radical (unpaired) electrons. The number of nitrogens with zero attached hydrogens (tertiary/aromatic N) is 1. The third-order valence-electron chi connectivity index (χ3n) is 4.48. The molecule has 0 aliphatic heterocycles. The summed E-state index contributed by atoms with van der Waals surface area (Å²) in [5, 5.41) is 6.74. The zero-order valence-corrected chi connectivity index (χ0v) is 20.0. The zero-order valence-electron chi connectivity index (χ0n) is 18.5. The minimum absolute atomic E-state index is 0.137. The van der Waals surface area contributed by atoms with Crippen LogP contribution in [0.5, 0.6) is 17.2 Å². The van der Waals surface area contributed by atoms with Crippen LogP contribution in [0.1, 0.15) is 15.9 Å². The molecule has 0 bridgehead atoms. The van der Waals surface area contributed by atoms with E-state index in [-0.39, 0.29) is 22.1 Å². The van der Waals surface area contributed by atoms with Gasteiger partial charge in [0.25, 0.3) is 0 Å². The van der Waals surface area contributed by atoms with Gasteiger partial charge in [0, 0.05) is 5.02 Å². The second kappa shape index (κ2) is 11.9. The molecule has 0 aliphatic rings. The molecule has 3 aromatic rings. The van der Waals surface area contributed by atoms with Crippen molar-refractivity contribution < 1.29 is 28.6 Å². The Morgan fingerprint density at radius 3 is 2.31 bits per heavy atom. The van der Waals surface area contributed by atoms with E-state index in [0.717, 1.165) is 0 Å². The summed E-state index contributed by atoms with van der Waals surface area (Å²) in [4.78, 5) is 36.6. The maximum absolute atomic E-state index is 12.5. The van der Waals surface area contributed by atoms with E-state index in [1.165, 1.54) is 50.8 Å². The smallest absolute Gasteiger partial charge is 0.345 e. The minimum Gasteiger partial charge on any atom is -0.495 e. The molecular formula is C24H19Cl2N3O6. The normalized spacial score (nSPS) is 10.5. The van der Waals surface area contributed by atoms with Gasteiger partial charge in [-0.2, -0.15) is 5.10 Å². The summed E-state index contributed by atoms with van der Waals surface area (Å²) in [5.41, 5.74) is 3.11. The van der Waals surface area contributed by atoms with Gasteiger partial charge in [-0.1, -0.05) is 35.3 Å². The topological polar surface area (TPSA) is 115 Å². The Kier molecular flexibility index (Phi) is 8.66. The van der Waals surface area contributed by atoms with E-state index >= 15 is 0 Å². The first-order valence-corrected chi connectivity index (χ1v) is 10.7. The zero-order chi connectivity index (χ0) is 25.4. The monoisotopic (exact) mass is 515 g/mol. The molecule has 0 heterocycles. The predicted octanol–water partition coefficient (Wildman–Crippen LogP) is 4.32. The number of carbonyl (C=O) groups is 3. The highest BCUT2D eigenvalue weighted by molar-refractivity contribution is 6.39. The number of anilines is 1. The van der Waals surface area contributed by atoms with Crippen molar-refractivity contribution >= 4 is 52.9 Å². The van der Waals surface area contributed by atoms with Gasteiger partial charge >= 0.3 is 17.8 Å². The molecule has 0 aromatic heterocycles. The number of para-hydroxylation sites is 2. The van der Waals surface area contributed by atoms with Crippen molar-refractivity contribution in [1.29, 1.82) is 0 Å². The number of esters is 1. The van der Waals surface area contributed by atoms with Gasteiger partial charge in [-0.15, -0.1) is 0 Å². The van der Waals surface area contributed by atoms with Crippen LogP contribution >= 0.6 is 23.2 Å². The van der Waals surface area contributed by atoms with E-state index in [1.807, 2.05) is 0 Å². The van der Waals surface area contributed by atoms with Crippen LogP contribution in [0.3, 0.4) is 0 Å². The van der Waals surface area contributed by atoms with Crippen LogP contribution in [0.2, 0.25) is 10.0 Å². The minimum atomic E-state index is -0.982. The maximum Gasteiger partial charge on any atom is 0.345 e. The van der Waals surface area contributed by atoms with E-state index < -0.39 is 17.8 Å². The number of benzene rings is 3. The maximum atomic E-state index is 12.5. The molecule has 0 aliphatic carbocycles. The Hall–Kier alpha value is -4.08. The van der Waals surface area contributed by atoms with E-state index in [2.05, 4.69) is 15.8 Å². The largest absolute Gasteiger partial charge is 0.495 e. The number of hydrogen-bond donors (Lipinski definition) is 2. The van der Waals surface area contributed by atoms with Crippen molar-refractivity contribution in [2.24, 2.45) is 5.10 Å². The molecule has 0 saturated heterocycles. The molecule has 3 aromatic carbocycles. The Bertz CT molecular complexity index is 1300. The second-order valence-corrected chi connectivity index (χ2v) is 7.62. The lowest BCUT2D eigenvalue weighted by Gasteiger charge is -2.11. The molecule has 180 valence electrons. The highest BCUT2D eigenvalue weighted by Gasteiger charge is 2.17. The first-order chi connectivity index (χ1) is 16.8. The van der Waals surface area contributed by atoms with Crippen LogP contribution in [-0.2, 0) is 9.59 Å². The van der Waals surface area contributed by atoms with Crippen LogP contribution < -0.4 is 25.0 Å². The number of hydrogen-bond acceptors (Lipinski definition) is 7. The summed E-state index contributed by atoms with van der Waals surface area (Å²) in [5.74, 6) is -1.83. The molecular weight excluding hydrogens is 497 g/mol. The summed E-state index contributed by atoms with van der Waals surface area (Å²) >= 11 is 11.9. The molecule has 11 heteroatoms. The molecule has 0 spiro atoms. The number of ether oxygens (including phenoxy) is 3. The highest BCUT2D eigenvalue weighted by atomic mass is 35.5. The molecule has 2 amide bonds. The summed E-state index contributed by atoms with van der Waals surface area (Å²) in [6.45, 7) is 0. The fourth-order valence-corrected chi connectivity index (χ4v) is 3.29. The standard InChI is InChI=1S/C24H19Cl2N3O6/c1-33-19-6-4-3-5-18(19)28-22(30)23(31)29-27-13-14-7-10-20(21(11-14)34-2)35-24(32)16-9-8-15(25)12-17(16)26/h3-13H,1-2H3,(H,28,30)(H,29,31)/b27-13+. The SMILES string of the molecule is COc1ccccc1NC(=O)C(=O)N/N=C/c1ccc(OC(=O)c2ccc(Cl)cc2Cl)c(OC)c1. The molecule has 3 rings (SSSR count). The number of methoxy groups -OCH3 is 2. The van der Waals surface area contributed by atoms with Crippen molar-refractivity contribution in [3.8, 4) is 17.2 Å². The van der Waals surface area contributed by atoms with Crippen molar-refractivity contribution in [3.05, 3.63) is 81.8 Å². The van der Waals surface area contributed by atoms with Gasteiger partial charge in [0.1, 0.15) is 5.75 Å². The van der Waals surface area contributed by atoms with Gasteiger partial charge in [-0.05, 0) is 54.1 Å². The molecule has 0 fully saturated rings. The third kappa shape index (κ3) is 6.72. The van der Waals surface area contributed by atoms with Crippen LogP contribution in [0, 0.1) is 0 Å². The lowest BCUT2D eigenvalue weighted by molar-refractivity contribution is -0.136. The van der Waals surface area contributed by atoms with Gasteiger partial charge in [0.05, 0.1) is 36.7 Å². The van der Waals surface area contributed by atoms with E-state index in [0.29, 0.717) is 22.0 Å². The average Bonchev–Trinajstić information content (AvgIpc) is 2.84. The highest BCUT2D eigenvalue weighted by Crippen LogP contribution is 2.30. The fraction of sp³-hybridized carbons (Fsp3) is 0.0833. The van der Waals surface area contributed by atoms with Crippen molar-refractivity contribution in [1.82, 2.24) is 5.43 Å². The summed E-state index contributed by atoms with van der Waals surface area (Å²) < 4.78 is 15.8. The molecule has 0 saturated carbocycles. The first kappa shape index (κ1) is 25.5. The van der Waals surface area contributed by atoms with Crippen molar-refractivity contribution in [2.75, 3.05) is 19.5 Å². The van der Waals surface area contributed by atoms with E-state index in [9.17, 15) is 14.4 Å². The number of nitrogens with one attached hydrogen (secondary N) is 2. The Balaban J connectivity index is 1.63.